The van der Waals surface area contributed by atoms with Gasteiger partial charge in [0.2, 0.25) is 0 Å². The first kappa shape index (κ1) is 8.84. The monoisotopic (exact) mass is 133 g/mol. The van der Waals surface area contributed by atoms with E-state index in [0.29, 0.717) is 26.2 Å². The third-order valence-electron chi connectivity index (χ3n) is 0.997. The Labute approximate surface area is 55.3 Å². The summed E-state index contributed by atoms with van der Waals surface area (Å²) in [5, 5.41) is 0. The lowest BCUT2D eigenvalue weighted by Crippen LogP contribution is -2.33. The number of nitrogens with two attached hydrogens (primary N) is 3. The Morgan fingerprint density at radius 2 is 1.67 bits per heavy atom. The van der Waals surface area contributed by atoms with Crippen LogP contribution in [-0.4, -0.2) is 32.3 Å². The molecular formula is C5H15N3O. The third-order valence-corrected chi connectivity index (χ3v) is 0.997. The van der Waals surface area contributed by atoms with Gasteiger partial charge in [-0.25, -0.2) is 0 Å². The molecule has 0 aromatic carbocycles. The zero-order chi connectivity index (χ0) is 7.11. The number of hydrogen-bond acceptors (Lipinski definition) is 4. The summed E-state index contributed by atoms with van der Waals surface area (Å²) < 4.78 is 5.11. The summed E-state index contributed by atoms with van der Waals surface area (Å²) >= 11 is 0. The van der Waals surface area contributed by atoms with E-state index >= 15 is 0 Å². The zero-order valence-corrected chi connectivity index (χ0v) is 5.55. The van der Waals surface area contributed by atoms with E-state index < -0.39 is 0 Å². The summed E-state index contributed by atoms with van der Waals surface area (Å²) in [5.41, 5.74) is 15.7. The van der Waals surface area contributed by atoms with Gasteiger partial charge in [-0.15, -0.1) is 0 Å². The smallest absolute Gasteiger partial charge is 0.0819 e. The van der Waals surface area contributed by atoms with Crippen LogP contribution >= 0.6 is 0 Å². The average molecular weight is 133 g/mol. The molecule has 0 aromatic heterocycles. The fraction of sp³-hybridized carbons (Fsp3) is 1.00. The molecule has 0 saturated carbocycles. The van der Waals surface area contributed by atoms with Gasteiger partial charge in [0.1, 0.15) is 0 Å². The molecule has 0 atom stereocenters. The Hall–Kier alpha value is -0.160. The molecule has 0 aliphatic rings. The molecule has 0 radical (unpaired) electrons. The van der Waals surface area contributed by atoms with Crippen LogP contribution in [0.5, 0.6) is 0 Å². The second-order valence-corrected chi connectivity index (χ2v) is 1.75. The highest BCUT2D eigenvalue weighted by molar-refractivity contribution is 4.57. The van der Waals surface area contributed by atoms with Crippen LogP contribution in [0.25, 0.3) is 0 Å². The van der Waals surface area contributed by atoms with E-state index in [2.05, 4.69) is 0 Å². The lowest BCUT2D eigenvalue weighted by atomic mass is 10.4. The fourth-order valence-corrected chi connectivity index (χ4v) is 0.467. The topological polar surface area (TPSA) is 87.3 Å². The van der Waals surface area contributed by atoms with Gasteiger partial charge in [-0.2, -0.15) is 0 Å². The van der Waals surface area contributed by atoms with Gasteiger partial charge in [0.05, 0.1) is 12.7 Å². The van der Waals surface area contributed by atoms with Crippen molar-refractivity contribution in [2.75, 3.05) is 26.2 Å². The highest BCUT2D eigenvalue weighted by Crippen LogP contribution is 1.83. The summed E-state index contributed by atoms with van der Waals surface area (Å²) in [6.07, 6.45) is -0.0199. The minimum atomic E-state index is -0.0199. The summed E-state index contributed by atoms with van der Waals surface area (Å²) in [4.78, 5) is 0. The molecule has 0 rings (SSSR count). The standard InChI is InChI=1S/C5H15N3O/c6-1-2-9-5(3-7)4-8/h5H,1-4,6-8H2. The minimum absolute atomic E-state index is 0.0199. The van der Waals surface area contributed by atoms with Crippen molar-refractivity contribution >= 4 is 0 Å². The van der Waals surface area contributed by atoms with Gasteiger partial charge >= 0.3 is 0 Å². The summed E-state index contributed by atoms with van der Waals surface area (Å²) in [6.45, 7) is 2.00. The Balaban J connectivity index is 3.09. The quantitative estimate of drug-likeness (QED) is 0.415. The van der Waals surface area contributed by atoms with E-state index in [4.69, 9.17) is 21.9 Å². The first-order chi connectivity index (χ1) is 4.35. The Morgan fingerprint density at radius 3 is 2.00 bits per heavy atom. The first-order valence-corrected chi connectivity index (χ1v) is 3.07. The summed E-state index contributed by atoms with van der Waals surface area (Å²) in [7, 11) is 0. The van der Waals surface area contributed by atoms with Crippen LogP contribution in [0, 0.1) is 0 Å². The second-order valence-electron chi connectivity index (χ2n) is 1.75. The molecule has 0 aliphatic heterocycles. The van der Waals surface area contributed by atoms with Crippen LogP contribution in [-0.2, 0) is 4.74 Å². The van der Waals surface area contributed by atoms with Crippen molar-refractivity contribution in [1.82, 2.24) is 0 Å². The molecule has 0 amide bonds. The molecule has 0 aliphatic carbocycles. The zero-order valence-electron chi connectivity index (χ0n) is 5.55. The Kier molecular flexibility index (Phi) is 5.86. The maximum absolute atomic E-state index is 5.28. The molecule has 0 saturated heterocycles. The van der Waals surface area contributed by atoms with Gasteiger partial charge in [-0.3, -0.25) is 0 Å². The third kappa shape index (κ3) is 4.35. The lowest BCUT2D eigenvalue weighted by Gasteiger charge is -2.11. The van der Waals surface area contributed by atoms with Crippen LogP contribution in [0.15, 0.2) is 0 Å². The minimum Gasteiger partial charge on any atom is -0.374 e. The average Bonchev–Trinajstić information content (AvgIpc) is 1.91. The lowest BCUT2D eigenvalue weighted by molar-refractivity contribution is 0.0708. The molecule has 4 heteroatoms. The Morgan fingerprint density at radius 1 is 1.11 bits per heavy atom. The van der Waals surface area contributed by atoms with E-state index in [1.807, 2.05) is 0 Å². The molecule has 56 valence electrons. The normalized spacial score (nSPS) is 10.7. The number of rotatable bonds is 5. The van der Waals surface area contributed by atoms with E-state index in [9.17, 15) is 0 Å². The van der Waals surface area contributed by atoms with E-state index in [1.54, 1.807) is 0 Å². The van der Waals surface area contributed by atoms with Crippen LogP contribution in [0.1, 0.15) is 0 Å². The predicted octanol–water partition coefficient (Wildman–Crippen LogP) is -1.75. The van der Waals surface area contributed by atoms with Crippen molar-refractivity contribution in [3.8, 4) is 0 Å². The number of ether oxygens (including phenoxy) is 1. The molecule has 0 bridgehead atoms. The molecule has 9 heavy (non-hydrogen) atoms. The highest BCUT2D eigenvalue weighted by atomic mass is 16.5. The van der Waals surface area contributed by atoms with Gasteiger partial charge in [0.25, 0.3) is 0 Å². The first-order valence-electron chi connectivity index (χ1n) is 3.07. The molecule has 0 fully saturated rings. The molecular weight excluding hydrogens is 118 g/mol. The fourth-order valence-electron chi connectivity index (χ4n) is 0.467. The van der Waals surface area contributed by atoms with Crippen molar-refractivity contribution in [2.24, 2.45) is 17.2 Å². The van der Waals surface area contributed by atoms with Gasteiger partial charge in [0, 0.05) is 19.6 Å². The van der Waals surface area contributed by atoms with Gasteiger partial charge in [-0.05, 0) is 0 Å². The van der Waals surface area contributed by atoms with Crippen LogP contribution in [0.4, 0.5) is 0 Å². The second kappa shape index (κ2) is 5.97. The molecule has 0 unspecified atom stereocenters. The van der Waals surface area contributed by atoms with Crippen molar-refractivity contribution in [2.45, 2.75) is 6.10 Å². The summed E-state index contributed by atoms with van der Waals surface area (Å²) in [5.74, 6) is 0. The van der Waals surface area contributed by atoms with Crippen LogP contribution in [0.2, 0.25) is 0 Å². The number of hydrogen-bond donors (Lipinski definition) is 3. The van der Waals surface area contributed by atoms with Gasteiger partial charge < -0.3 is 21.9 Å². The van der Waals surface area contributed by atoms with Gasteiger partial charge in [-0.1, -0.05) is 0 Å². The molecule has 0 aromatic rings. The maximum Gasteiger partial charge on any atom is 0.0819 e. The van der Waals surface area contributed by atoms with E-state index in [1.165, 1.54) is 0 Å². The van der Waals surface area contributed by atoms with Crippen LogP contribution < -0.4 is 17.2 Å². The molecule has 0 spiro atoms. The summed E-state index contributed by atoms with van der Waals surface area (Å²) in [6, 6.07) is 0. The van der Waals surface area contributed by atoms with Crippen molar-refractivity contribution in [1.29, 1.82) is 0 Å². The van der Waals surface area contributed by atoms with E-state index in [-0.39, 0.29) is 6.10 Å². The largest absolute Gasteiger partial charge is 0.374 e. The molecule has 6 N–H and O–H groups in total. The van der Waals surface area contributed by atoms with E-state index in [0.717, 1.165) is 0 Å². The maximum atomic E-state index is 5.28. The van der Waals surface area contributed by atoms with Crippen molar-refractivity contribution in [3.63, 3.8) is 0 Å². The van der Waals surface area contributed by atoms with Crippen molar-refractivity contribution < 1.29 is 4.74 Å². The highest BCUT2D eigenvalue weighted by Gasteiger charge is 2.00. The predicted molar refractivity (Wildman–Crippen MR) is 36.9 cm³/mol. The SMILES string of the molecule is NCCOC(CN)CN. The Bertz CT molecular complexity index is 56.2. The van der Waals surface area contributed by atoms with Crippen molar-refractivity contribution in [3.05, 3.63) is 0 Å². The molecule has 4 nitrogen and oxygen atoms in total. The van der Waals surface area contributed by atoms with Gasteiger partial charge in [0.15, 0.2) is 0 Å². The molecule has 0 heterocycles. The van der Waals surface area contributed by atoms with Crippen LogP contribution in [0.3, 0.4) is 0 Å².